The number of likely N-dealkylation sites (N-methyl/N-ethyl adjacent to an activating group) is 1. The molecule has 0 aliphatic carbocycles. The molecule has 4 nitrogen and oxygen atoms in total. The van der Waals surface area contributed by atoms with Crippen molar-refractivity contribution < 1.29 is 4.79 Å². The highest BCUT2D eigenvalue weighted by atomic mass is 16.2. The van der Waals surface area contributed by atoms with Crippen molar-refractivity contribution in [3.63, 3.8) is 0 Å². The Hall–Kier alpha value is -2.33. The van der Waals surface area contributed by atoms with Gasteiger partial charge in [0.1, 0.15) is 0 Å². The molecule has 4 heteroatoms. The lowest BCUT2D eigenvalue weighted by atomic mass is 10.1. The predicted octanol–water partition coefficient (Wildman–Crippen LogP) is 2.78. The average Bonchev–Trinajstić information content (AvgIpc) is 2.54. The van der Waals surface area contributed by atoms with E-state index in [1.807, 2.05) is 68.4 Å². The first kappa shape index (κ1) is 17.0. The summed E-state index contributed by atoms with van der Waals surface area (Å²) in [4.78, 5) is 17.0. The zero-order valence-corrected chi connectivity index (χ0v) is 14.1. The van der Waals surface area contributed by atoms with Gasteiger partial charge < -0.3 is 15.5 Å². The Morgan fingerprint density at radius 2 is 1.74 bits per heavy atom. The molecule has 2 rings (SSSR count). The van der Waals surface area contributed by atoms with E-state index in [0.29, 0.717) is 24.3 Å². The number of hydrogen-bond donors (Lipinski definition) is 1. The number of anilines is 1. The number of nitrogens with two attached hydrogens (primary N) is 1. The van der Waals surface area contributed by atoms with Crippen molar-refractivity contribution in [3.05, 3.63) is 65.2 Å². The van der Waals surface area contributed by atoms with Gasteiger partial charge in [0, 0.05) is 30.9 Å². The largest absolute Gasteiger partial charge is 0.399 e. The third-order valence-electron chi connectivity index (χ3n) is 3.81. The molecule has 0 heterocycles. The minimum atomic E-state index is 0.0282. The minimum Gasteiger partial charge on any atom is -0.399 e. The Kier molecular flexibility index (Phi) is 5.77. The van der Waals surface area contributed by atoms with Crippen LogP contribution in [0.4, 0.5) is 5.69 Å². The number of nitrogen functional groups attached to an aromatic ring is 1. The van der Waals surface area contributed by atoms with Crippen LogP contribution in [0.25, 0.3) is 0 Å². The lowest BCUT2D eigenvalue weighted by molar-refractivity contribution is 0.0731. The fourth-order valence-electron chi connectivity index (χ4n) is 2.42. The molecule has 0 bridgehead atoms. The molecule has 122 valence electrons. The molecular formula is C19H25N3O. The molecule has 2 N–H and O–H groups in total. The molecule has 0 atom stereocenters. The van der Waals surface area contributed by atoms with E-state index in [9.17, 15) is 4.79 Å². The van der Waals surface area contributed by atoms with Crippen molar-refractivity contribution in [2.45, 2.75) is 13.5 Å². The standard InChI is InChI=1S/C19H25N3O/c1-15-9-10-17(20)13-18(15)19(23)22(12-11-21(2)3)14-16-7-5-4-6-8-16/h4-10,13H,11-12,14,20H2,1-3H3. The Balaban J connectivity index is 2.24. The number of rotatable bonds is 6. The predicted molar refractivity (Wildman–Crippen MR) is 95.3 cm³/mol. The molecule has 0 fully saturated rings. The fourth-order valence-corrected chi connectivity index (χ4v) is 2.42. The van der Waals surface area contributed by atoms with Gasteiger partial charge >= 0.3 is 0 Å². The molecule has 2 aromatic rings. The first-order valence-corrected chi connectivity index (χ1v) is 7.81. The van der Waals surface area contributed by atoms with Crippen LogP contribution in [-0.2, 0) is 6.54 Å². The van der Waals surface area contributed by atoms with Crippen LogP contribution in [-0.4, -0.2) is 42.9 Å². The molecule has 0 saturated heterocycles. The molecule has 0 radical (unpaired) electrons. The summed E-state index contributed by atoms with van der Waals surface area (Å²) >= 11 is 0. The summed E-state index contributed by atoms with van der Waals surface area (Å²) < 4.78 is 0. The molecule has 0 saturated carbocycles. The maximum absolute atomic E-state index is 13.0. The fraction of sp³-hybridized carbons (Fsp3) is 0.316. The third kappa shape index (κ3) is 4.83. The zero-order chi connectivity index (χ0) is 16.8. The van der Waals surface area contributed by atoms with Crippen LogP contribution in [0.5, 0.6) is 0 Å². The van der Waals surface area contributed by atoms with Crippen LogP contribution in [0, 0.1) is 6.92 Å². The molecule has 0 spiro atoms. The highest BCUT2D eigenvalue weighted by Gasteiger charge is 2.18. The highest BCUT2D eigenvalue weighted by Crippen LogP contribution is 2.17. The second-order valence-corrected chi connectivity index (χ2v) is 6.09. The van der Waals surface area contributed by atoms with Gasteiger partial charge in [-0.2, -0.15) is 0 Å². The van der Waals surface area contributed by atoms with Crippen LogP contribution in [0.1, 0.15) is 21.5 Å². The summed E-state index contributed by atoms with van der Waals surface area (Å²) in [6.07, 6.45) is 0. The summed E-state index contributed by atoms with van der Waals surface area (Å²) in [6, 6.07) is 15.6. The number of carbonyl (C=O) groups excluding carboxylic acids is 1. The Labute approximate surface area is 138 Å². The highest BCUT2D eigenvalue weighted by molar-refractivity contribution is 5.96. The number of hydrogen-bond acceptors (Lipinski definition) is 3. The topological polar surface area (TPSA) is 49.6 Å². The second kappa shape index (κ2) is 7.79. The van der Waals surface area contributed by atoms with Gasteiger partial charge in [-0.05, 0) is 44.3 Å². The maximum atomic E-state index is 13.0. The van der Waals surface area contributed by atoms with Gasteiger partial charge in [-0.3, -0.25) is 4.79 Å². The summed E-state index contributed by atoms with van der Waals surface area (Å²) in [5, 5.41) is 0. The molecule has 0 aliphatic heterocycles. The summed E-state index contributed by atoms with van der Waals surface area (Å²) in [7, 11) is 4.02. The normalized spacial score (nSPS) is 10.8. The van der Waals surface area contributed by atoms with E-state index in [-0.39, 0.29) is 5.91 Å². The molecule has 23 heavy (non-hydrogen) atoms. The number of aryl methyl sites for hydroxylation is 1. The number of benzene rings is 2. The van der Waals surface area contributed by atoms with Crippen molar-refractivity contribution in [2.75, 3.05) is 32.9 Å². The van der Waals surface area contributed by atoms with Gasteiger partial charge in [0.25, 0.3) is 5.91 Å². The molecular weight excluding hydrogens is 286 g/mol. The summed E-state index contributed by atoms with van der Waals surface area (Å²) in [6.45, 7) is 4.04. The van der Waals surface area contributed by atoms with Crippen molar-refractivity contribution in [1.29, 1.82) is 0 Å². The lowest BCUT2D eigenvalue weighted by Crippen LogP contribution is -2.36. The van der Waals surface area contributed by atoms with E-state index < -0.39 is 0 Å². The van der Waals surface area contributed by atoms with E-state index in [1.165, 1.54) is 0 Å². The van der Waals surface area contributed by atoms with Gasteiger partial charge in [0.15, 0.2) is 0 Å². The zero-order valence-electron chi connectivity index (χ0n) is 14.1. The summed E-state index contributed by atoms with van der Waals surface area (Å²) in [5.41, 5.74) is 9.24. The van der Waals surface area contributed by atoms with E-state index in [1.54, 1.807) is 6.07 Å². The molecule has 1 amide bonds. The van der Waals surface area contributed by atoms with Crippen molar-refractivity contribution >= 4 is 11.6 Å². The Bertz CT molecular complexity index is 653. The van der Waals surface area contributed by atoms with Gasteiger partial charge in [-0.25, -0.2) is 0 Å². The van der Waals surface area contributed by atoms with Gasteiger partial charge in [0.05, 0.1) is 0 Å². The Morgan fingerprint density at radius 1 is 1.04 bits per heavy atom. The van der Waals surface area contributed by atoms with E-state index in [0.717, 1.165) is 17.7 Å². The molecule has 0 aliphatic rings. The number of nitrogens with zero attached hydrogens (tertiary/aromatic N) is 2. The third-order valence-corrected chi connectivity index (χ3v) is 3.81. The van der Waals surface area contributed by atoms with Gasteiger partial charge in [-0.15, -0.1) is 0 Å². The van der Waals surface area contributed by atoms with E-state index >= 15 is 0 Å². The van der Waals surface area contributed by atoms with Crippen molar-refractivity contribution in [1.82, 2.24) is 9.80 Å². The maximum Gasteiger partial charge on any atom is 0.254 e. The van der Waals surface area contributed by atoms with E-state index in [2.05, 4.69) is 4.90 Å². The smallest absolute Gasteiger partial charge is 0.254 e. The first-order chi connectivity index (χ1) is 11.0. The Morgan fingerprint density at radius 3 is 2.39 bits per heavy atom. The average molecular weight is 311 g/mol. The number of carbonyl (C=O) groups is 1. The second-order valence-electron chi connectivity index (χ2n) is 6.09. The van der Waals surface area contributed by atoms with Crippen molar-refractivity contribution in [2.24, 2.45) is 0 Å². The quantitative estimate of drug-likeness (QED) is 0.835. The van der Waals surface area contributed by atoms with Crippen LogP contribution in [0.3, 0.4) is 0 Å². The molecule has 2 aromatic carbocycles. The molecule has 0 unspecified atom stereocenters. The van der Waals surface area contributed by atoms with Crippen LogP contribution < -0.4 is 5.73 Å². The van der Waals surface area contributed by atoms with Gasteiger partial charge in [-0.1, -0.05) is 36.4 Å². The number of amides is 1. The van der Waals surface area contributed by atoms with Crippen molar-refractivity contribution in [3.8, 4) is 0 Å². The SMILES string of the molecule is Cc1ccc(N)cc1C(=O)N(CCN(C)C)Cc1ccccc1. The van der Waals surface area contributed by atoms with Gasteiger partial charge in [0.2, 0.25) is 0 Å². The minimum absolute atomic E-state index is 0.0282. The lowest BCUT2D eigenvalue weighted by Gasteiger charge is -2.25. The molecule has 0 aromatic heterocycles. The van der Waals surface area contributed by atoms with E-state index in [4.69, 9.17) is 5.73 Å². The first-order valence-electron chi connectivity index (χ1n) is 7.81. The van der Waals surface area contributed by atoms with Crippen LogP contribution >= 0.6 is 0 Å². The van der Waals surface area contributed by atoms with Crippen LogP contribution in [0.15, 0.2) is 48.5 Å². The summed E-state index contributed by atoms with van der Waals surface area (Å²) in [5.74, 6) is 0.0282. The monoisotopic (exact) mass is 311 g/mol. The van der Waals surface area contributed by atoms with Crippen LogP contribution in [0.2, 0.25) is 0 Å².